The molecule has 9 nitrogen and oxygen atoms in total. The first-order valence-electron chi connectivity index (χ1n) is 11.7. The summed E-state index contributed by atoms with van der Waals surface area (Å²) in [5.41, 5.74) is 3.21. The Balaban J connectivity index is 1.60. The standard InChI is InChI=1S/C29H27N3O6/c1-17(33)18-9-11-20(12-10-18)31-27(34)16-30-29(35)22-15-24(32-23-8-6-5-7-21(22)23)19-13-25(36-2)28(38-4)26(14-19)37-3/h5-15H,16H2,1-4H3,(H,30,35)(H,31,34). The van der Waals surface area contributed by atoms with Gasteiger partial charge in [0, 0.05) is 22.2 Å². The minimum atomic E-state index is -0.431. The van der Waals surface area contributed by atoms with Crippen LogP contribution >= 0.6 is 0 Å². The second-order valence-corrected chi connectivity index (χ2v) is 8.35. The van der Waals surface area contributed by atoms with E-state index in [1.807, 2.05) is 18.2 Å². The van der Waals surface area contributed by atoms with Crippen molar-refractivity contribution < 1.29 is 28.6 Å². The molecule has 4 rings (SSSR count). The van der Waals surface area contributed by atoms with Crippen LogP contribution in [0.4, 0.5) is 5.69 Å². The van der Waals surface area contributed by atoms with Gasteiger partial charge in [0.2, 0.25) is 11.7 Å². The van der Waals surface area contributed by atoms with Crippen molar-refractivity contribution in [1.82, 2.24) is 10.3 Å². The number of ether oxygens (including phenoxy) is 3. The number of fused-ring (bicyclic) bond motifs is 1. The summed E-state index contributed by atoms with van der Waals surface area (Å²) in [6.07, 6.45) is 0. The number of amides is 2. The quantitative estimate of drug-likeness (QED) is 0.317. The summed E-state index contributed by atoms with van der Waals surface area (Å²) in [7, 11) is 4.57. The first kappa shape index (κ1) is 26.2. The third kappa shape index (κ3) is 5.57. The molecule has 0 unspecified atom stereocenters. The van der Waals surface area contributed by atoms with Crippen molar-refractivity contribution in [3.8, 4) is 28.5 Å². The zero-order chi connectivity index (χ0) is 27.2. The maximum Gasteiger partial charge on any atom is 0.252 e. The fourth-order valence-electron chi connectivity index (χ4n) is 3.99. The highest BCUT2D eigenvalue weighted by atomic mass is 16.5. The fourth-order valence-corrected chi connectivity index (χ4v) is 3.99. The van der Waals surface area contributed by atoms with Gasteiger partial charge in [0.1, 0.15) is 0 Å². The van der Waals surface area contributed by atoms with Crippen molar-refractivity contribution in [3.63, 3.8) is 0 Å². The lowest BCUT2D eigenvalue weighted by Gasteiger charge is -2.15. The van der Waals surface area contributed by atoms with Gasteiger partial charge in [0.25, 0.3) is 5.91 Å². The van der Waals surface area contributed by atoms with Crippen molar-refractivity contribution in [2.75, 3.05) is 33.2 Å². The second kappa shape index (κ2) is 11.4. The van der Waals surface area contributed by atoms with Crippen LogP contribution in [0.3, 0.4) is 0 Å². The third-order valence-corrected chi connectivity index (χ3v) is 5.91. The van der Waals surface area contributed by atoms with E-state index in [9.17, 15) is 14.4 Å². The number of rotatable bonds is 9. The molecule has 0 saturated carbocycles. The van der Waals surface area contributed by atoms with E-state index in [0.29, 0.717) is 56.2 Å². The number of hydrogen-bond acceptors (Lipinski definition) is 7. The molecule has 0 bridgehead atoms. The van der Waals surface area contributed by atoms with E-state index < -0.39 is 11.8 Å². The zero-order valence-corrected chi connectivity index (χ0v) is 21.5. The molecule has 2 amide bonds. The van der Waals surface area contributed by atoms with E-state index in [1.165, 1.54) is 28.3 Å². The van der Waals surface area contributed by atoms with E-state index >= 15 is 0 Å². The first-order chi connectivity index (χ1) is 18.3. The van der Waals surface area contributed by atoms with Crippen LogP contribution in [0.2, 0.25) is 0 Å². The zero-order valence-electron chi connectivity index (χ0n) is 21.5. The highest BCUT2D eigenvalue weighted by Gasteiger charge is 2.18. The van der Waals surface area contributed by atoms with Crippen LogP contribution in [-0.4, -0.2) is 50.5 Å². The predicted molar refractivity (Wildman–Crippen MR) is 144 cm³/mol. The van der Waals surface area contributed by atoms with Crippen LogP contribution in [0.25, 0.3) is 22.2 Å². The third-order valence-electron chi connectivity index (χ3n) is 5.91. The molecule has 194 valence electrons. The summed E-state index contributed by atoms with van der Waals surface area (Å²) >= 11 is 0. The Bertz CT molecular complexity index is 1490. The van der Waals surface area contributed by atoms with Gasteiger partial charge in [0.05, 0.1) is 44.6 Å². The van der Waals surface area contributed by atoms with Crippen LogP contribution in [-0.2, 0) is 4.79 Å². The van der Waals surface area contributed by atoms with Gasteiger partial charge < -0.3 is 24.8 Å². The maximum atomic E-state index is 13.2. The number of anilines is 1. The SMILES string of the molecule is COc1cc(-c2cc(C(=O)NCC(=O)Nc3ccc(C(C)=O)cc3)c3ccccc3n2)cc(OC)c1OC. The molecule has 9 heteroatoms. The number of hydrogen-bond donors (Lipinski definition) is 2. The molecule has 0 spiro atoms. The Labute approximate surface area is 219 Å². The minimum Gasteiger partial charge on any atom is -0.493 e. The number of carbonyl (C=O) groups excluding carboxylic acids is 3. The van der Waals surface area contributed by atoms with Gasteiger partial charge in [-0.3, -0.25) is 14.4 Å². The Morgan fingerprint density at radius 1 is 0.842 bits per heavy atom. The van der Waals surface area contributed by atoms with Gasteiger partial charge in [-0.2, -0.15) is 0 Å². The molecule has 1 aromatic heterocycles. The number of carbonyl (C=O) groups is 3. The molecular formula is C29H27N3O6. The lowest BCUT2D eigenvalue weighted by Crippen LogP contribution is -2.33. The molecule has 0 fully saturated rings. The summed E-state index contributed by atoms with van der Waals surface area (Å²) in [6, 6.07) is 19.0. The molecule has 3 aromatic carbocycles. The molecule has 1 heterocycles. The molecule has 4 aromatic rings. The van der Waals surface area contributed by atoms with E-state index in [0.717, 1.165) is 0 Å². The van der Waals surface area contributed by atoms with E-state index in [2.05, 4.69) is 10.6 Å². The topological polar surface area (TPSA) is 116 Å². The molecule has 0 radical (unpaired) electrons. The fraction of sp³-hybridized carbons (Fsp3) is 0.172. The predicted octanol–water partition coefficient (Wildman–Crippen LogP) is 4.50. The van der Waals surface area contributed by atoms with Gasteiger partial charge >= 0.3 is 0 Å². The monoisotopic (exact) mass is 513 g/mol. The maximum absolute atomic E-state index is 13.2. The van der Waals surface area contributed by atoms with Gasteiger partial charge in [-0.15, -0.1) is 0 Å². The smallest absolute Gasteiger partial charge is 0.252 e. The average Bonchev–Trinajstić information content (AvgIpc) is 2.94. The number of ketones is 1. The van der Waals surface area contributed by atoms with E-state index in [4.69, 9.17) is 19.2 Å². The molecule has 0 aliphatic carbocycles. The molecule has 0 saturated heterocycles. The lowest BCUT2D eigenvalue weighted by molar-refractivity contribution is -0.115. The highest BCUT2D eigenvalue weighted by molar-refractivity contribution is 6.08. The van der Waals surface area contributed by atoms with Gasteiger partial charge in [-0.05, 0) is 55.5 Å². The summed E-state index contributed by atoms with van der Waals surface area (Å²) < 4.78 is 16.3. The number of methoxy groups -OCH3 is 3. The molecule has 0 atom stereocenters. The number of benzene rings is 3. The van der Waals surface area contributed by atoms with Crippen LogP contribution in [0, 0.1) is 0 Å². The number of nitrogens with one attached hydrogen (secondary N) is 2. The van der Waals surface area contributed by atoms with Crippen molar-refractivity contribution in [3.05, 3.63) is 77.9 Å². The van der Waals surface area contributed by atoms with Crippen molar-refractivity contribution in [2.45, 2.75) is 6.92 Å². The average molecular weight is 514 g/mol. The van der Waals surface area contributed by atoms with Gasteiger partial charge in [-0.25, -0.2) is 4.98 Å². The Hall–Kier alpha value is -4.92. The molecular weight excluding hydrogens is 486 g/mol. The summed E-state index contributed by atoms with van der Waals surface area (Å²) in [5.74, 6) is 0.452. The summed E-state index contributed by atoms with van der Waals surface area (Å²) in [4.78, 5) is 41.9. The van der Waals surface area contributed by atoms with Crippen molar-refractivity contribution >= 4 is 34.2 Å². The summed E-state index contributed by atoms with van der Waals surface area (Å²) in [5, 5.41) is 6.03. The Kier molecular flexibility index (Phi) is 7.86. The molecule has 0 aliphatic heterocycles. The largest absolute Gasteiger partial charge is 0.493 e. The molecule has 2 N–H and O–H groups in total. The molecule has 0 aliphatic rings. The summed E-state index contributed by atoms with van der Waals surface area (Å²) in [6.45, 7) is 1.22. The normalized spacial score (nSPS) is 10.5. The van der Waals surface area contributed by atoms with Crippen LogP contribution in [0.5, 0.6) is 17.2 Å². The van der Waals surface area contributed by atoms with Gasteiger partial charge in [-0.1, -0.05) is 18.2 Å². The van der Waals surface area contributed by atoms with Crippen molar-refractivity contribution in [1.29, 1.82) is 0 Å². The Morgan fingerprint density at radius 2 is 1.50 bits per heavy atom. The minimum absolute atomic E-state index is 0.0642. The number of pyridine rings is 1. The molecule has 38 heavy (non-hydrogen) atoms. The highest BCUT2D eigenvalue weighted by Crippen LogP contribution is 2.41. The van der Waals surface area contributed by atoms with Crippen LogP contribution < -0.4 is 24.8 Å². The van der Waals surface area contributed by atoms with Crippen LogP contribution in [0.1, 0.15) is 27.6 Å². The number of Topliss-reactive ketones (excluding diaryl/α,β-unsaturated/α-hetero) is 1. The number of aromatic nitrogens is 1. The van der Waals surface area contributed by atoms with E-state index in [1.54, 1.807) is 48.5 Å². The number of para-hydroxylation sites is 1. The van der Waals surface area contributed by atoms with E-state index in [-0.39, 0.29) is 12.3 Å². The lowest BCUT2D eigenvalue weighted by atomic mass is 10.0. The van der Waals surface area contributed by atoms with Crippen molar-refractivity contribution in [2.24, 2.45) is 0 Å². The van der Waals surface area contributed by atoms with Gasteiger partial charge in [0.15, 0.2) is 17.3 Å². The second-order valence-electron chi connectivity index (χ2n) is 8.35. The van der Waals surface area contributed by atoms with Crippen LogP contribution in [0.15, 0.2) is 66.7 Å². The first-order valence-corrected chi connectivity index (χ1v) is 11.7. The Morgan fingerprint density at radius 3 is 2.11 bits per heavy atom. The number of nitrogens with zero attached hydrogens (tertiary/aromatic N) is 1.